The predicted octanol–water partition coefficient (Wildman–Crippen LogP) is 6.33. The van der Waals surface area contributed by atoms with E-state index in [9.17, 15) is 9.90 Å². The average molecular weight is 510 g/mol. The summed E-state index contributed by atoms with van der Waals surface area (Å²) in [5, 5.41) is 11.2. The van der Waals surface area contributed by atoms with E-state index in [0.717, 1.165) is 25.8 Å². The lowest BCUT2D eigenvalue weighted by atomic mass is 10.2. The Hall–Kier alpha value is -2.68. The summed E-state index contributed by atoms with van der Waals surface area (Å²) in [6.45, 7) is 0. The molecule has 1 saturated heterocycles. The van der Waals surface area contributed by atoms with E-state index in [0.29, 0.717) is 15.8 Å². The molecule has 0 saturated carbocycles. The fraction of sp³-hybridized carbons (Fsp3) is 0.0435. The van der Waals surface area contributed by atoms with E-state index in [1.807, 2.05) is 43.4 Å². The van der Waals surface area contributed by atoms with E-state index in [4.69, 9.17) is 4.99 Å². The number of carbonyl (C=O) groups is 1. The maximum absolute atomic E-state index is 13.6. The van der Waals surface area contributed by atoms with Gasteiger partial charge in [-0.25, -0.2) is 4.99 Å². The van der Waals surface area contributed by atoms with Crippen molar-refractivity contribution < 1.29 is 9.90 Å². The number of aliphatic imine (C=N–C) groups is 1. The highest BCUT2D eigenvalue weighted by Crippen LogP contribution is 2.50. The van der Waals surface area contributed by atoms with E-state index in [-0.39, 0.29) is 11.7 Å². The summed E-state index contributed by atoms with van der Waals surface area (Å²) in [5.41, 5.74) is 2.49. The SMILES string of the molecule is CN1C(=C2SC(=Nc3ccc(Br)cc3)N(c3ccc(O)cc3)C2=O)Sc2ccccc21. The number of phenolic OH excluding ortho intramolecular Hbond substituents is 1. The Kier molecular flexibility index (Phi) is 5.29. The van der Waals surface area contributed by atoms with Crippen molar-refractivity contribution in [2.24, 2.45) is 4.99 Å². The van der Waals surface area contributed by atoms with Crippen LogP contribution in [0.5, 0.6) is 5.75 Å². The van der Waals surface area contributed by atoms with Crippen LogP contribution in [0.1, 0.15) is 0 Å². The molecular formula is C23H16BrN3O2S2. The van der Waals surface area contributed by atoms with Crippen molar-refractivity contribution in [2.45, 2.75) is 4.90 Å². The van der Waals surface area contributed by atoms with Crippen LogP contribution in [0.2, 0.25) is 0 Å². The molecule has 0 bridgehead atoms. The molecule has 2 aliphatic rings. The molecule has 5 nitrogen and oxygen atoms in total. The monoisotopic (exact) mass is 509 g/mol. The van der Waals surface area contributed by atoms with Crippen LogP contribution in [0, 0.1) is 0 Å². The summed E-state index contributed by atoms with van der Waals surface area (Å²) in [6.07, 6.45) is 0. The number of carbonyl (C=O) groups excluding carboxylic acids is 1. The minimum absolute atomic E-state index is 0.131. The van der Waals surface area contributed by atoms with Gasteiger partial charge < -0.3 is 10.0 Å². The van der Waals surface area contributed by atoms with E-state index >= 15 is 0 Å². The lowest BCUT2D eigenvalue weighted by molar-refractivity contribution is -0.113. The molecule has 5 rings (SSSR count). The van der Waals surface area contributed by atoms with E-state index < -0.39 is 0 Å². The number of thioether (sulfide) groups is 2. The number of aromatic hydroxyl groups is 1. The van der Waals surface area contributed by atoms with Crippen LogP contribution >= 0.6 is 39.5 Å². The van der Waals surface area contributed by atoms with Crippen LogP contribution in [0.3, 0.4) is 0 Å². The Labute approximate surface area is 196 Å². The maximum Gasteiger partial charge on any atom is 0.274 e. The van der Waals surface area contributed by atoms with Crippen molar-refractivity contribution in [2.75, 3.05) is 16.8 Å². The number of anilines is 2. The van der Waals surface area contributed by atoms with Crippen LogP contribution in [-0.4, -0.2) is 23.2 Å². The normalized spacial score (nSPS) is 19.4. The van der Waals surface area contributed by atoms with E-state index in [2.05, 4.69) is 33.0 Å². The quantitative estimate of drug-likeness (QED) is 0.408. The van der Waals surface area contributed by atoms with Gasteiger partial charge >= 0.3 is 0 Å². The highest BCUT2D eigenvalue weighted by atomic mass is 79.9. The van der Waals surface area contributed by atoms with Gasteiger partial charge in [-0.05, 0) is 72.4 Å². The fourth-order valence-electron chi connectivity index (χ4n) is 3.33. The second-order valence-electron chi connectivity index (χ2n) is 6.89. The largest absolute Gasteiger partial charge is 0.508 e. The van der Waals surface area contributed by atoms with Crippen molar-refractivity contribution in [3.05, 3.63) is 87.2 Å². The van der Waals surface area contributed by atoms with Gasteiger partial charge in [0.2, 0.25) is 0 Å². The molecule has 8 heteroatoms. The van der Waals surface area contributed by atoms with Gasteiger partial charge in [0.25, 0.3) is 5.91 Å². The third-order valence-electron chi connectivity index (χ3n) is 4.87. The summed E-state index contributed by atoms with van der Waals surface area (Å²) in [5.74, 6) is 0.0169. The highest BCUT2D eigenvalue weighted by molar-refractivity contribution is 9.10. The zero-order chi connectivity index (χ0) is 21.5. The number of nitrogens with zero attached hydrogens (tertiary/aromatic N) is 3. The molecule has 0 aliphatic carbocycles. The van der Waals surface area contributed by atoms with Gasteiger partial charge in [0.1, 0.15) is 10.7 Å². The molecule has 1 amide bonds. The zero-order valence-corrected chi connectivity index (χ0v) is 19.5. The van der Waals surface area contributed by atoms with Gasteiger partial charge in [-0.3, -0.25) is 9.69 Å². The number of amidine groups is 1. The van der Waals surface area contributed by atoms with Crippen molar-refractivity contribution >= 4 is 67.6 Å². The molecule has 0 radical (unpaired) electrons. The number of rotatable bonds is 2. The van der Waals surface area contributed by atoms with Crippen molar-refractivity contribution in [1.82, 2.24) is 0 Å². The first-order chi connectivity index (χ1) is 15.0. The Morgan fingerprint density at radius 2 is 1.65 bits per heavy atom. The summed E-state index contributed by atoms with van der Waals surface area (Å²) in [4.78, 5) is 23.8. The molecule has 3 aromatic rings. The van der Waals surface area contributed by atoms with Crippen molar-refractivity contribution in [3.63, 3.8) is 0 Å². The summed E-state index contributed by atoms with van der Waals surface area (Å²) < 4.78 is 0.964. The predicted molar refractivity (Wildman–Crippen MR) is 132 cm³/mol. The number of benzene rings is 3. The van der Waals surface area contributed by atoms with Gasteiger partial charge in [-0.2, -0.15) is 0 Å². The molecule has 0 unspecified atom stereocenters. The standard InChI is InChI=1S/C23H16BrN3O2S2/c1-26-18-4-2-3-5-19(18)30-22(26)20-21(29)27(16-10-12-17(28)13-11-16)23(31-20)25-15-8-6-14(24)7-9-15/h2-13,28H,1H3. The Morgan fingerprint density at radius 1 is 0.935 bits per heavy atom. The van der Waals surface area contributed by atoms with Gasteiger partial charge in [0, 0.05) is 16.4 Å². The number of fused-ring (bicyclic) bond motifs is 1. The second-order valence-corrected chi connectivity index (χ2v) is 9.82. The van der Waals surface area contributed by atoms with Crippen LogP contribution in [0.25, 0.3) is 0 Å². The number of amides is 1. The van der Waals surface area contributed by atoms with Crippen LogP contribution in [0.4, 0.5) is 17.1 Å². The summed E-state index contributed by atoms with van der Waals surface area (Å²) in [6, 6.07) is 22.3. The molecule has 2 aliphatic heterocycles. The molecular weight excluding hydrogens is 494 g/mol. The highest BCUT2D eigenvalue weighted by Gasteiger charge is 2.40. The fourth-order valence-corrected chi connectivity index (χ4v) is 5.94. The molecule has 1 N–H and O–H groups in total. The number of hydrogen-bond donors (Lipinski definition) is 1. The zero-order valence-electron chi connectivity index (χ0n) is 16.3. The lowest BCUT2D eigenvalue weighted by Gasteiger charge is -2.16. The average Bonchev–Trinajstić information content (AvgIpc) is 3.27. The third-order valence-corrected chi connectivity index (χ3v) is 7.80. The molecule has 0 aromatic heterocycles. The van der Waals surface area contributed by atoms with Gasteiger partial charge in [-0.1, -0.05) is 39.8 Å². The number of halogens is 1. The molecule has 154 valence electrons. The molecule has 0 atom stereocenters. The van der Waals surface area contributed by atoms with Crippen LogP contribution in [0.15, 0.2) is 97.1 Å². The second kappa shape index (κ2) is 8.11. The van der Waals surface area contributed by atoms with Gasteiger partial charge in [0.15, 0.2) is 5.17 Å². The molecule has 3 aromatic carbocycles. The maximum atomic E-state index is 13.6. The molecule has 1 fully saturated rings. The molecule has 31 heavy (non-hydrogen) atoms. The molecule has 0 spiro atoms. The van der Waals surface area contributed by atoms with Crippen molar-refractivity contribution in [3.8, 4) is 5.75 Å². The minimum Gasteiger partial charge on any atom is -0.508 e. The first-order valence-electron chi connectivity index (χ1n) is 9.42. The Balaban J connectivity index is 1.61. The first-order valence-corrected chi connectivity index (χ1v) is 11.8. The van der Waals surface area contributed by atoms with Crippen LogP contribution in [-0.2, 0) is 4.79 Å². The van der Waals surface area contributed by atoms with Crippen molar-refractivity contribution in [1.29, 1.82) is 0 Å². The summed E-state index contributed by atoms with van der Waals surface area (Å²) >= 11 is 6.40. The Bertz CT molecular complexity index is 1240. The molecule has 2 heterocycles. The van der Waals surface area contributed by atoms with E-state index in [1.54, 1.807) is 40.9 Å². The number of hydrogen-bond acceptors (Lipinski definition) is 6. The minimum atomic E-state index is -0.131. The van der Waals surface area contributed by atoms with Gasteiger partial charge in [0.05, 0.1) is 22.1 Å². The Morgan fingerprint density at radius 3 is 2.35 bits per heavy atom. The first kappa shape index (κ1) is 20.2. The van der Waals surface area contributed by atoms with Crippen LogP contribution < -0.4 is 9.80 Å². The smallest absolute Gasteiger partial charge is 0.274 e. The topological polar surface area (TPSA) is 56.1 Å². The third kappa shape index (κ3) is 3.75. The number of phenols is 1. The number of para-hydroxylation sites is 1. The summed E-state index contributed by atoms with van der Waals surface area (Å²) in [7, 11) is 1.98. The lowest BCUT2D eigenvalue weighted by Crippen LogP contribution is -2.29. The van der Waals surface area contributed by atoms with E-state index in [1.165, 1.54) is 11.8 Å². The van der Waals surface area contributed by atoms with Gasteiger partial charge in [-0.15, -0.1) is 0 Å².